The van der Waals surface area contributed by atoms with Crippen molar-refractivity contribution in [2.45, 2.75) is 0 Å². The highest BCUT2D eigenvalue weighted by atomic mass is 16.6. The maximum absolute atomic E-state index is 12.8. The summed E-state index contributed by atoms with van der Waals surface area (Å²) in [5.41, 5.74) is 0.532. The van der Waals surface area contributed by atoms with E-state index in [1.165, 1.54) is 12.3 Å². The van der Waals surface area contributed by atoms with Gasteiger partial charge in [0.2, 0.25) is 5.84 Å². The number of benzene rings is 2. The molecule has 1 aromatic heterocycles. The molecule has 0 atom stereocenters. The molecule has 140 valence electrons. The summed E-state index contributed by atoms with van der Waals surface area (Å²) in [5, 5.41) is 24.5. The number of anilines is 2. The number of nitrogens with one attached hydrogen (secondary N) is 1. The van der Waals surface area contributed by atoms with Gasteiger partial charge in [0.25, 0.3) is 11.6 Å². The SMILES string of the molecule is O=C(Nc1cc([N+](=O)[O-])ccn1)C(=Nc1ccccc1)N(O)c1ccccc1. The van der Waals surface area contributed by atoms with Gasteiger partial charge in [-0.2, -0.15) is 0 Å². The first-order chi connectivity index (χ1) is 13.5. The molecule has 3 aromatic rings. The van der Waals surface area contributed by atoms with Gasteiger partial charge in [0, 0.05) is 12.3 Å². The number of aliphatic imine (C=N–C) groups is 1. The van der Waals surface area contributed by atoms with Crippen LogP contribution in [-0.4, -0.2) is 26.9 Å². The Kier molecular flexibility index (Phi) is 5.68. The van der Waals surface area contributed by atoms with Crippen molar-refractivity contribution in [3.8, 4) is 0 Å². The lowest BCUT2D eigenvalue weighted by Gasteiger charge is -2.18. The van der Waals surface area contributed by atoms with Crippen LogP contribution in [0.3, 0.4) is 0 Å². The highest BCUT2D eigenvalue weighted by Gasteiger charge is 2.21. The second kappa shape index (κ2) is 8.52. The summed E-state index contributed by atoms with van der Waals surface area (Å²) in [4.78, 5) is 31.2. The van der Waals surface area contributed by atoms with Crippen molar-refractivity contribution in [1.82, 2.24) is 4.98 Å². The number of aromatic nitrogens is 1. The molecule has 1 amide bonds. The van der Waals surface area contributed by atoms with E-state index in [4.69, 9.17) is 0 Å². The number of rotatable bonds is 4. The van der Waals surface area contributed by atoms with Gasteiger partial charge in [-0.3, -0.25) is 20.1 Å². The maximum Gasteiger partial charge on any atom is 0.295 e. The summed E-state index contributed by atoms with van der Waals surface area (Å²) in [6, 6.07) is 19.3. The molecule has 0 unspecified atom stereocenters. The van der Waals surface area contributed by atoms with Crippen molar-refractivity contribution < 1.29 is 14.9 Å². The summed E-state index contributed by atoms with van der Waals surface area (Å²) in [5.74, 6) is -1.16. The first-order valence-electron chi connectivity index (χ1n) is 8.14. The van der Waals surface area contributed by atoms with Gasteiger partial charge in [-0.15, -0.1) is 0 Å². The Morgan fingerprint density at radius 3 is 2.36 bits per heavy atom. The number of carbonyl (C=O) groups excluding carboxylic acids is 1. The molecule has 0 fully saturated rings. The minimum atomic E-state index is -0.789. The number of pyridine rings is 1. The first-order valence-corrected chi connectivity index (χ1v) is 8.14. The fourth-order valence-electron chi connectivity index (χ4n) is 2.28. The van der Waals surface area contributed by atoms with Crippen LogP contribution >= 0.6 is 0 Å². The van der Waals surface area contributed by atoms with E-state index in [-0.39, 0.29) is 17.3 Å². The Balaban J connectivity index is 1.94. The van der Waals surface area contributed by atoms with E-state index in [9.17, 15) is 20.1 Å². The second-order valence-electron chi connectivity index (χ2n) is 5.53. The normalized spacial score (nSPS) is 11.0. The van der Waals surface area contributed by atoms with Crippen LogP contribution in [0.4, 0.5) is 22.9 Å². The molecule has 0 radical (unpaired) electrons. The topological polar surface area (TPSA) is 121 Å². The third kappa shape index (κ3) is 4.54. The minimum Gasteiger partial charge on any atom is -0.304 e. The van der Waals surface area contributed by atoms with Crippen molar-refractivity contribution in [3.05, 3.63) is 89.1 Å². The van der Waals surface area contributed by atoms with Gasteiger partial charge >= 0.3 is 0 Å². The van der Waals surface area contributed by atoms with Crippen LogP contribution in [0.5, 0.6) is 0 Å². The standard InChI is InChI=1S/C19H15N5O4/c25-19(22-17-13-16(24(27)28)11-12-20-17)18(21-14-7-3-1-4-8-14)23(26)15-9-5-2-6-10-15/h1-13,26H,(H,20,22,25). The Labute approximate surface area is 159 Å². The van der Waals surface area contributed by atoms with Crippen molar-refractivity contribution in [1.29, 1.82) is 0 Å². The third-order valence-corrected chi connectivity index (χ3v) is 3.59. The van der Waals surface area contributed by atoms with E-state index in [1.807, 2.05) is 0 Å². The number of hydroxylamine groups is 1. The summed E-state index contributed by atoms with van der Waals surface area (Å²) in [6.07, 6.45) is 1.20. The van der Waals surface area contributed by atoms with E-state index >= 15 is 0 Å². The van der Waals surface area contributed by atoms with Crippen LogP contribution < -0.4 is 10.4 Å². The average molecular weight is 377 g/mol. The molecule has 0 saturated heterocycles. The molecule has 0 spiro atoms. The molecule has 9 nitrogen and oxygen atoms in total. The molecule has 1 heterocycles. The highest BCUT2D eigenvalue weighted by molar-refractivity contribution is 6.46. The van der Waals surface area contributed by atoms with E-state index in [2.05, 4.69) is 15.3 Å². The first kappa shape index (κ1) is 18.7. The van der Waals surface area contributed by atoms with Crippen LogP contribution in [0.2, 0.25) is 0 Å². The number of nitro groups is 1. The van der Waals surface area contributed by atoms with E-state index in [0.717, 1.165) is 6.07 Å². The summed E-state index contributed by atoms with van der Waals surface area (Å²) < 4.78 is 0. The largest absolute Gasteiger partial charge is 0.304 e. The van der Waals surface area contributed by atoms with Gasteiger partial charge in [-0.25, -0.2) is 15.0 Å². The molecule has 0 saturated carbocycles. The van der Waals surface area contributed by atoms with Crippen molar-refractivity contribution in [3.63, 3.8) is 0 Å². The molecular weight excluding hydrogens is 362 g/mol. The molecule has 2 N–H and O–H groups in total. The minimum absolute atomic E-state index is 0.0403. The maximum atomic E-state index is 12.8. The molecule has 3 rings (SSSR count). The van der Waals surface area contributed by atoms with Crippen molar-refractivity contribution >= 4 is 34.6 Å². The van der Waals surface area contributed by atoms with Gasteiger partial charge in [0.05, 0.1) is 22.4 Å². The van der Waals surface area contributed by atoms with Gasteiger partial charge in [0.15, 0.2) is 0 Å². The van der Waals surface area contributed by atoms with E-state index < -0.39 is 10.8 Å². The third-order valence-electron chi connectivity index (χ3n) is 3.59. The van der Waals surface area contributed by atoms with Crippen molar-refractivity contribution in [2.24, 2.45) is 4.99 Å². The number of amidine groups is 1. The van der Waals surface area contributed by atoms with Crippen molar-refractivity contribution in [2.75, 3.05) is 10.4 Å². The molecule has 2 aromatic carbocycles. The highest BCUT2D eigenvalue weighted by Crippen LogP contribution is 2.18. The molecule has 0 aliphatic rings. The summed E-state index contributed by atoms with van der Waals surface area (Å²) >= 11 is 0. The lowest BCUT2D eigenvalue weighted by molar-refractivity contribution is -0.384. The zero-order valence-electron chi connectivity index (χ0n) is 14.5. The Morgan fingerprint density at radius 2 is 1.71 bits per heavy atom. The van der Waals surface area contributed by atoms with Gasteiger partial charge in [-0.1, -0.05) is 36.4 Å². The van der Waals surface area contributed by atoms with Crippen LogP contribution in [-0.2, 0) is 4.79 Å². The van der Waals surface area contributed by atoms with Crippen LogP contribution in [0.1, 0.15) is 0 Å². The molecular formula is C19H15N5O4. The molecule has 28 heavy (non-hydrogen) atoms. The van der Waals surface area contributed by atoms with Crippen LogP contribution in [0, 0.1) is 10.1 Å². The monoisotopic (exact) mass is 377 g/mol. The number of para-hydroxylation sites is 2. The molecule has 0 aliphatic heterocycles. The lowest BCUT2D eigenvalue weighted by Crippen LogP contribution is -2.38. The van der Waals surface area contributed by atoms with Crippen LogP contribution in [0.15, 0.2) is 84.0 Å². The molecule has 0 bridgehead atoms. The number of carbonyl (C=O) groups is 1. The Hall–Kier alpha value is -4.11. The Bertz CT molecular complexity index is 1010. The average Bonchev–Trinajstić information content (AvgIpc) is 2.73. The smallest absolute Gasteiger partial charge is 0.295 e. The fourth-order valence-corrected chi connectivity index (χ4v) is 2.28. The predicted octanol–water partition coefficient (Wildman–Crippen LogP) is 3.55. The zero-order valence-corrected chi connectivity index (χ0v) is 14.5. The van der Waals surface area contributed by atoms with Gasteiger partial charge in [-0.05, 0) is 24.3 Å². The van der Waals surface area contributed by atoms with Gasteiger partial charge < -0.3 is 5.32 Å². The van der Waals surface area contributed by atoms with E-state index in [0.29, 0.717) is 16.4 Å². The number of hydrogen-bond acceptors (Lipinski definition) is 6. The quantitative estimate of drug-likeness (QED) is 0.310. The Morgan fingerprint density at radius 1 is 1.07 bits per heavy atom. The molecule has 0 aliphatic carbocycles. The second-order valence-corrected chi connectivity index (χ2v) is 5.53. The zero-order chi connectivity index (χ0) is 19.9. The number of amides is 1. The van der Waals surface area contributed by atoms with Crippen LogP contribution in [0.25, 0.3) is 0 Å². The predicted molar refractivity (Wildman–Crippen MR) is 104 cm³/mol. The van der Waals surface area contributed by atoms with Gasteiger partial charge in [0.1, 0.15) is 5.82 Å². The lowest BCUT2D eigenvalue weighted by atomic mass is 10.3. The molecule has 9 heteroatoms. The fraction of sp³-hybridized carbons (Fsp3) is 0. The number of nitrogens with zero attached hydrogens (tertiary/aromatic N) is 4. The number of hydrogen-bond donors (Lipinski definition) is 2. The summed E-state index contributed by atoms with van der Waals surface area (Å²) in [6.45, 7) is 0. The van der Waals surface area contributed by atoms with E-state index in [1.54, 1.807) is 60.7 Å². The summed E-state index contributed by atoms with van der Waals surface area (Å²) in [7, 11) is 0.